The number of hydrogen-bond donors (Lipinski definition) is 0. The van der Waals surface area contributed by atoms with Crippen LogP contribution in [0.1, 0.15) is 37.8 Å². The van der Waals surface area contributed by atoms with E-state index < -0.39 is 5.97 Å². The molecule has 0 aliphatic heterocycles. The number of thioether (sulfide) groups is 1. The van der Waals surface area contributed by atoms with Crippen molar-refractivity contribution in [1.29, 1.82) is 0 Å². The lowest BCUT2D eigenvalue weighted by molar-refractivity contribution is -0.135. The summed E-state index contributed by atoms with van der Waals surface area (Å²) in [6, 6.07) is 10.6. The van der Waals surface area contributed by atoms with Crippen LogP contribution in [-0.4, -0.2) is 36.1 Å². The monoisotopic (exact) mass is 626 g/mol. The van der Waals surface area contributed by atoms with Gasteiger partial charge in [0, 0.05) is 39.2 Å². The predicted octanol–water partition coefficient (Wildman–Crippen LogP) is 10.0. The first kappa shape index (κ1) is 30.7. The van der Waals surface area contributed by atoms with Gasteiger partial charge in [-0.2, -0.15) is 0 Å². The highest BCUT2D eigenvalue weighted by Gasteiger charge is 2.20. The molecule has 1 aromatic heterocycles. The molecule has 38 heavy (non-hydrogen) atoms. The number of methoxy groups -OCH3 is 1. The Bertz CT molecular complexity index is 1410. The molecule has 0 saturated heterocycles. The lowest BCUT2D eigenvalue weighted by Gasteiger charge is -2.13. The minimum atomic E-state index is -0.522. The molecule has 0 amide bonds. The first-order valence-electron chi connectivity index (χ1n) is 11.6. The van der Waals surface area contributed by atoms with Crippen molar-refractivity contribution in [3.63, 3.8) is 0 Å². The second-order valence-electron chi connectivity index (χ2n) is 8.23. The van der Waals surface area contributed by atoms with E-state index in [1.54, 1.807) is 55.2 Å². The summed E-state index contributed by atoms with van der Waals surface area (Å²) < 4.78 is 6.18. The van der Waals surface area contributed by atoms with Crippen LogP contribution in [0, 0.1) is 0 Å². The number of benzene rings is 2. The minimum Gasteiger partial charge on any atom is -0.465 e. The third-order valence-electron chi connectivity index (χ3n) is 5.60. The molecule has 4 nitrogen and oxygen atoms in total. The molecule has 0 aliphatic rings. The third-order valence-corrected chi connectivity index (χ3v) is 9.28. The summed E-state index contributed by atoms with van der Waals surface area (Å²) in [5, 5.41) is 2.94. The molecule has 1 heterocycles. The van der Waals surface area contributed by atoms with Crippen molar-refractivity contribution in [2.45, 2.75) is 36.7 Å². The fourth-order valence-corrected chi connectivity index (χ4v) is 6.75. The number of ether oxygens (including phenoxy) is 1. The van der Waals surface area contributed by atoms with Gasteiger partial charge in [-0.25, -0.2) is 9.78 Å². The van der Waals surface area contributed by atoms with E-state index in [1.807, 2.05) is 19.1 Å². The Balaban J connectivity index is 2.18. The van der Waals surface area contributed by atoms with Gasteiger partial charge < -0.3 is 4.74 Å². The molecular formula is C28H26Cl4N2O2S2. The van der Waals surface area contributed by atoms with E-state index in [-0.39, 0.29) is 0 Å². The van der Waals surface area contributed by atoms with Crippen molar-refractivity contribution in [1.82, 2.24) is 4.98 Å². The number of rotatable bonds is 9. The summed E-state index contributed by atoms with van der Waals surface area (Å²) in [7, 11) is 2.99. The average molecular weight is 628 g/mol. The Kier molecular flexibility index (Phi) is 11.3. The molecule has 200 valence electrons. The van der Waals surface area contributed by atoms with Gasteiger partial charge in [-0.3, -0.25) is 4.99 Å². The summed E-state index contributed by atoms with van der Waals surface area (Å²) in [6.07, 6.45) is 4.50. The fourth-order valence-electron chi connectivity index (χ4n) is 3.45. The molecule has 0 radical (unpaired) electrons. The standard InChI is InChI=1S/C28H26Cl4N2O2S2/c1-6-15(2)37-28-26(17-7-9-22(31)23(32)13-17)34-24(38-28)10-8-21(27(35)36-5)25(16(3)33-4)18-11-19(29)14-20(30)12-18/h7-15H,6H2,1-5H3/b10-8+,25-21-,33-16?. The SMILES string of the molecule is CCC(C)Sc1sc(/C=C/C(C(=O)OC)=C(\C(C)=NC)c2cc(Cl)cc(Cl)c2)nc1-c1ccc(Cl)c(Cl)c1. The summed E-state index contributed by atoms with van der Waals surface area (Å²) in [4.78, 5) is 22.2. The second kappa shape index (κ2) is 14.0. The zero-order chi connectivity index (χ0) is 28.0. The predicted molar refractivity (Wildman–Crippen MR) is 167 cm³/mol. The maximum Gasteiger partial charge on any atom is 0.338 e. The molecule has 0 bridgehead atoms. The molecule has 3 rings (SSSR count). The second-order valence-corrected chi connectivity index (χ2v) is 12.7. The lowest BCUT2D eigenvalue weighted by atomic mass is 9.95. The van der Waals surface area contributed by atoms with Gasteiger partial charge >= 0.3 is 5.97 Å². The quantitative estimate of drug-likeness (QED) is 0.0778. The summed E-state index contributed by atoms with van der Waals surface area (Å²) in [6.45, 7) is 6.13. The van der Waals surface area contributed by atoms with E-state index in [2.05, 4.69) is 18.8 Å². The van der Waals surface area contributed by atoms with Crippen LogP contribution in [0.25, 0.3) is 22.9 Å². The third kappa shape index (κ3) is 7.65. The Hall–Kier alpha value is -1.80. The molecule has 10 heteroatoms. The normalized spacial score (nSPS) is 13.6. The highest BCUT2D eigenvalue weighted by atomic mass is 35.5. The van der Waals surface area contributed by atoms with Crippen LogP contribution in [0.2, 0.25) is 20.1 Å². The van der Waals surface area contributed by atoms with E-state index in [9.17, 15) is 4.79 Å². The van der Waals surface area contributed by atoms with Crippen LogP contribution >= 0.6 is 69.5 Å². The Morgan fingerprint density at radius 2 is 1.82 bits per heavy atom. The number of carbonyl (C=O) groups is 1. The van der Waals surface area contributed by atoms with Crippen LogP contribution in [-0.2, 0) is 9.53 Å². The number of halogens is 4. The number of allylic oxidation sites excluding steroid dienone is 1. The molecule has 0 fully saturated rings. The maximum atomic E-state index is 13.0. The van der Waals surface area contributed by atoms with Crippen molar-refractivity contribution in [3.05, 3.63) is 78.7 Å². The van der Waals surface area contributed by atoms with Gasteiger partial charge in [0.15, 0.2) is 0 Å². The number of carbonyl (C=O) groups excluding carboxylic acids is 1. The Labute approximate surface area is 251 Å². The number of nitrogens with zero attached hydrogens (tertiary/aromatic N) is 2. The Morgan fingerprint density at radius 1 is 1.13 bits per heavy atom. The fraction of sp³-hybridized carbons (Fsp3) is 0.250. The number of esters is 1. The minimum absolute atomic E-state index is 0.302. The summed E-state index contributed by atoms with van der Waals surface area (Å²) >= 11 is 28.3. The topological polar surface area (TPSA) is 51.5 Å². The van der Waals surface area contributed by atoms with Gasteiger partial charge in [-0.05, 0) is 61.4 Å². The zero-order valence-corrected chi connectivity index (χ0v) is 26.1. The van der Waals surface area contributed by atoms with E-state index in [4.69, 9.17) is 56.1 Å². The van der Waals surface area contributed by atoms with Crippen molar-refractivity contribution in [2.24, 2.45) is 4.99 Å². The van der Waals surface area contributed by atoms with Crippen molar-refractivity contribution >= 4 is 92.8 Å². The van der Waals surface area contributed by atoms with E-state index in [0.29, 0.717) is 52.8 Å². The number of aromatic nitrogens is 1. The molecule has 0 spiro atoms. The van der Waals surface area contributed by atoms with Gasteiger partial charge in [0.2, 0.25) is 0 Å². The lowest BCUT2D eigenvalue weighted by Crippen LogP contribution is -2.10. The van der Waals surface area contributed by atoms with Gasteiger partial charge in [-0.1, -0.05) is 66.3 Å². The molecule has 3 aromatic rings. The summed E-state index contributed by atoms with van der Waals surface area (Å²) in [5.74, 6) is -0.522. The van der Waals surface area contributed by atoms with Crippen molar-refractivity contribution in [3.8, 4) is 11.3 Å². The van der Waals surface area contributed by atoms with Crippen molar-refractivity contribution < 1.29 is 9.53 Å². The van der Waals surface area contributed by atoms with Gasteiger partial charge in [0.25, 0.3) is 0 Å². The first-order chi connectivity index (χ1) is 18.1. The van der Waals surface area contributed by atoms with Gasteiger partial charge in [0.05, 0.1) is 32.6 Å². The van der Waals surface area contributed by atoms with Crippen LogP contribution < -0.4 is 0 Å². The van der Waals surface area contributed by atoms with E-state index in [1.165, 1.54) is 18.4 Å². The summed E-state index contributed by atoms with van der Waals surface area (Å²) in [5.41, 5.74) is 3.83. The maximum absolute atomic E-state index is 13.0. The highest BCUT2D eigenvalue weighted by Crippen LogP contribution is 2.41. The van der Waals surface area contributed by atoms with Crippen LogP contribution in [0.4, 0.5) is 0 Å². The van der Waals surface area contributed by atoms with Crippen LogP contribution in [0.3, 0.4) is 0 Å². The highest BCUT2D eigenvalue weighted by molar-refractivity contribution is 8.01. The first-order valence-corrected chi connectivity index (χ1v) is 14.8. The smallest absolute Gasteiger partial charge is 0.338 e. The molecular weight excluding hydrogens is 602 g/mol. The molecule has 2 aromatic carbocycles. The van der Waals surface area contributed by atoms with Crippen molar-refractivity contribution in [2.75, 3.05) is 14.2 Å². The number of thiazole rings is 1. The van der Waals surface area contributed by atoms with Crippen LogP contribution in [0.15, 0.2) is 57.2 Å². The van der Waals surface area contributed by atoms with E-state index in [0.717, 1.165) is 21.9 Å². The van der Waals surface area contributed by atoms with Crippen LogP contribution in [0.5, 0.6) is 0 Å². The zero-order valence-electron chi connectivity index (χ0n) is 21.4. The Morgan fingerprint density at radius 3 is 2.39 bits per heavy atom. The molecule has 0 saturated carbocycles. The van der Waals surface area contributed by atoms with Gasteiger partial charge in [0.1, 0.15) is 5.01 Å². The molecule has 1 unspecified atom stereocenters. The number of aliphatic imine (C=N–C) groups is 1. The number of hydrogen-bond acceptors (Lipinski definition) is 6. The largest absolute Gasteiger partial charge is 0.465 e. The molecule has 0 aliphatic carbocycles. The van der Waals surface area contributed by atoms with Gasteiger partial charge in [-0.15, -0.1) is 23.1 Å². The molecule has 0 N–H and O–H groups in total. The molecule has 1 atom stereocenters. The average Bonchev–Trinajstić information content (AvgIpc) is 3.28. The van der Waals surface area contributed by atoms with E-state index >= 15 is 0 Å².